The van der Waals surface area contributed by atoms with Gasteiger partial charge in [-0.05, 0) is 42.8 Å². The van der Waals surface area contributed by atoms with E-state index in [2.05, 4.69) is 35.2 Å². The highest BCUT2D eigenvalue weighted by Gasteiger charge is 2.00. The first-order valence-electron chi connectivity index (χ1n) is 6.60. The van der Waals surface area contributed by atoms with E-state index in [9.17, 15) is 4.79 Å². The van der Waals surface area contributed by atoms with Gasteiger partial charge in [-0.1, -0.05) is 32.4 Å². The molecule has 4 nitrogen and oxygen atoms in total. The van der Waals surface area contributed by atoms with Gasteiger partial charge in [0.05, 0.1) is 0 Å². The van der Waals surface area contributed by atoms with E-state index in [1.54, 1.807) is 6.92 Å². The topological polar surface area (TPSA) is 53.2 Å². The monoisotopic (exact) mass is 279 g/mol. The molecule has 0 unspecified atom stereocenters. The highest BCUT2D eigenvalue weighted by atomic mass is 32.1. The van der Waals surface area contributed by atoms with Crippen LogP contribution in [0.1, 0.15) is 38.7 Å². The lowest BCUT2D eigenvalue weighted by Gasteiger charge is -2.11. The number of thiocarbonyl (C=S) groups is 1. The molecule has 0 saturated carbocycles. The molecule has 1 rings (SSSR count). The maximum atomic E-state index is 11.1. The molecule has 0 heterocycles. The minimum Gasteiger partial charge on any atom is -0.331 e. The molecule has 104 valence electrons. The summed E-state index contributed by atoms with van der Waals surface area (Å²) in [6.07, 6.45) is 3.93. The van der Waals surface area contributed by atoms with Crippen LogP contribution in [0.3, 0.4) is 0 Å². The molecule has 0 fully saturated rings. The number of hydrazine groups is 1. The second kappa shape index (κ2) is 8.48. The van der Waals surface area contributed by atoms with Crippen molar-refractivity contribution >= 4 is 28.9 Å². The second-order valence-corrected chi connectivity index (χ2v) is 4.69. The number of anilines is 1. The van der Waals surface area contributed by atoms with Crippen molar-refractivity contribution in [3.05, 3.63) is 29.8 Å². The zero-order valence-electron chi connectivity index (χ0n) is 11.5. The predicted molar refractivity (Wildman–Crippen MR) is 82.8 cm³/mol. The van der Waals surface area contributed by atoms with Crippen LogP contribution in [0.4, 0.5) is 5.69 Å². The van der Waals surface area contributed by atoms with Gasteiger partial charge in [0.25, 0.3) is 0 Å². The maximum Gasteiger partial charge on any atom is 0.238 e. The number of aryl methyl sites for hydroxylation is 1. The van der Waals surface area contributed by atoms with E-state index in [1.807, 2.05) is 12.1 Å². The van der Waals surface area contributed by atoms with Gasteiger partial charge in [0.2, 0.25) is 5.91 Å². The van der Waals surface area contributed by atoms with Crippen LogP contribution in [0.15, 0.2) is 24.3 Å². The third-order valence-electron chi connectivity index (χ3n) is 2.67. The Balaban J connectivity index is 2.40. The molecule has 3 N–H and O–H groups in total. The molecule has 1 aromatic rings. The molecule has 0 aliphatic rings. The van der Waals surface area contributed by atoms with Gasteiger partial charge >= 0.3 is 0 Å². The molecule has 0 atom stereocenters. The third kappa shape index (κ3) is 6.20. The van der Waals surface area contributed by atoms with E-state index in [0.717, 1.165) is 12.1 Å². The summed E-state index contributed by atoms with van der Waals surface area (Å²) in [4.78, 5) is 11.1. The number of rotatable bonds is 5. The lowest BCUT2D eigenvalue weighted by Crippen LogP contribution is -2.43. The Bertz CT molecular complexity index is 417. The summed E-state index contributed by atoms with van der Waals surface area (Å²) >= 11 is 5.07. The molecular weight excluding hydrogens is 258 g/mol. The van der Waals surface area contributed by atoms with Crippen LogP contribution in [-0.4, -0.2) is 11.0 Å². The van der Waals surface area contributed by atoms with Crippen LogP contribution < -0.4 is 16.2 Å². The van der Waals surface area contributed by atoms with E-state index < -0.39 is 0 Å². The average Bonchev–Trinajstić information content (AvgIpc) is 2.44. The van der Waals surface area contributed by atoms with Gasteiger partial charge in [-0.15, -0.1) is 0 Å². The first-order valence-corrected chi connectivity index (χ1v) is 7.01. The van der Waals surface area contributed by atoms with Gasteiger partial charge in [0, 0.05) is 12.1 Å². The fourth-order valence-electron chi connectivity index (χ4n) is 1.51. The molecule has 0 aliphatic carbocycles. The van der Waals surface area contributed by atoms with Crippen LogP contribution in [-0.2, 0) is 11.2 Å². The Kier molecular flexibility index (Phi) is 6.89. The van der Waals surface area contributed by atoms with Crippen molar-refractivity contribution in [2.45, 2.75) is 39.5 Å². The van der Waals surface area contributed by atoms with E-state index in [1.165, 1.54) is 18.4 Å². The molecule has 0 spiro atoms. The van der Waals surface area contributed by atoms with Gasteiger partial charge in [-0.3, -0.25) is 15.6 Å². The number of unbranched alkanes of at least 4 members (excludes halogenated alkanes) is 1. The Labute approximate surface area is 119 Å². The van der Waals surface area contributed by atoms with Crippen molar-refractivity contribution in [3.63, 3.8) is 0 Å². The molecular formula is C14H21N3OS. The molecule has 0 aromatic heterocycles. The van der Waals surface area contributed by atoms with Crippen molar-refractivity contribution in [3.8, 4) is 0 Å². The number of benzene rings is 1. The maximum absolute atomic E-state index is 11.1. The molecule has 1 amide bonds. The SMILES string of the molecule is CCCCc1ccc(NC(=S)NNC(=O)CC)cc1. The number of carbonyl (C=O) groups is 1. The summed E-state index contributed by atoms with van der Waals surface area (Å²) < 4.78 is 0. The minimum atomic E-state index is -0.0981. The van der Waals surface area contributed by atoms with Crippen molar-refractivity contribution in [2.24, 2.45) is 0 Å². The van der Waals surface area contributed by atoms with E-state index in [4.69, 9.17) is 12.2 Å². The Morgan fingerprint density at radius 1 is 1.16 bits per heavy atom. The fourth-order valence-corrected chi connectivity index (χ4v) is 1.68. The quantitative estimate of drug-likeness (QED) is 0.573. The van der Waals surface area contributed by atoms with Crippen molar-refractivity contribution in [1.29, 1.82) is 0 Å². The van der Waals surface area contributed by atoms with Gasteiger partial charge < -0.3 is 5.32 Å². The number of carbonyl (C=O) groups excluding carboxylic acids is 1. The number of hydrogen-bond acceptors (Lipinski definition) is 2. The standard InChI is InChI=1S/C14H21N3OS/c1-3-5-6-11-7-9-12(10-8-11)15-14(19)17-16-13(18)4-2/h7-10H,3-6H2,1-2H3,(H,16,18)(H2,15,17,19). The van der Waals surface area contributed by atoms with Gasteiger partial charge in [0.15, 0.2) is 5.11 Å². The molecule has 1 aromatic carbocycles. The fraction of sp³-hybridized carbons (Fsp3) is 0.429. The van der Waals surface area contributed by atoms with Crippen molar-refractivity contribution in [2.75, 3.05) is 5.32 Å². The number of hydrogen-bond donors (Lipinski definition) is 3. The summed E-state index contributed by atoms with van der Waals surface area (Å²) in [7, 11) is 0. The summed E-state index contributed by atoms with van der Waals surface area (Å²) in [6, 6.07) is 8.15. The Morgan fingerprint density at radius 3 is 2.42 bits per heavy atom. The van der Waals surface area contributed by atoms with E-state index in [0.29, 0.717) is 11.5 Å². The summed E-state index contributed by atoms with van der Waals surface area (Å²) in [5.41, 5.74) is 7.38. The summed E-state index contributed by atoms with van der Waals surface area (Å²) in [5, 5.41) is 3.39. The van der Waals surface area contributed by atoms with Crippen LogP contribution in [0.25, 0.3) is 0 Å². The lowest BCUT2D eigenvalue weighted by molar-refractivity contribution is -0.121. The van der Waals surface area contributed by atoms with Crippen molar-refractivity contribution < 1.29 is 4.79 Å². The van der Waals surface area contributed by atoms with E-state index in [-0.39, 0.29) is 5.91 Å². The first kappa shape index (κ1) is 15.4. The molecule has 0 aliphatic heterocycles. The van der Waals surface area contributed by atoms with Crippen LogP contribution in [0.5, 0.6) is 0 Å². The largest absolute Gasteiger partial charge is 0.331 e. The van der Waals surface area contributed by atoms with Crippen LogP contribution in [0.2, 0.25) is 0 Å². The van der Waals surface area contributed by atoms with Gasteiger partial charge in [-0.2, -0.15) is 0 Å². The highest BCUT2D eigenvalue weighted by molar-refractivity contribution is 7.80. The summed E-state index contributed by atoms with van der Waals surface area (Å²) in [5.74, 6) is -0.0981. The lowest BCUT2D eigenvalue weighted by atomic mass is 10.1. The molecule has 0 radical (unpaired) electrons. The van der Waals surface area contributed by atoms with Crippen LogP contribution in [0, 0.1) is 0 Å². The highest BCUT2D eigenvalue weighted by Crippen LogP contribution is 2.11. The average molecular weight is 279 g/mol. The second-order valence-electron chi connectivity index (χ2n) is 4.28. The number of amides is 1. The zero-order valence-corrected chi connectivity index (χ0v) is 12.3. The minimum absolute atomic E-state index is 0.0981. The van der Waals surface area contributed by atoms with Crippen molar-refractivity contribution in [1.82, 2.24) is 10.9 Å². The molecule has 5 heteroatoms. The normalized spacial score (nSPS) is 9.79. The van der Waals surface area contributed by atoms with Gasteiger partial charge in [0.1, 0.15) is 0 Å². The van der Waals surface area contributed by atoms with E-state index >= 15 is 0 Å². The van der Waals surface area contributed by atoms with Crippen LogP contribution >= 0.6 is 12.2 Å². The number of nitrogens with one attached hydrogen (secondary N) is 3. The molecule has 19 heavy (non-hydrogen) atoms. The predicted octanol–water partition coefficient (Wildman–Crippen LogP) is 2.76. The molecule has 0 saturated heterocycles. The molecule has 0 bridgehead atoms. The Morgan fingerprint density at radius 2 is 1.84 bits per heavy atom. The smallest absolute Gasteiger partial charge is 0.238 e. The summed E-state index contributed by atoms with van der Waals surface area (Å²) in [6.45, 7) is 3.97. The zero-order chi connectivity index (χ0) is 14.1. The Hall–Kier alpha value is -1.62. The first-order chi connectivity index (χ1) is 9.15. The third-order valence-corrected chi connectivity index (χ3v) is 2.87. The van der Waals surface area contributed by atoms with Gasteiger partial charge in [-0.25, -0.2) is 0 Å².